The number of amides is 1. The van der Waals surface area contributed by atoms with Crippen molar-refractivity contribution in [2.24, 2.45) is 0 Å². The molecule has 1 aromatic rings. The van der Waals surface area contributed by atoms with E-state index in [-0.39, 0.29) is 17.3 Å². The van der Waals surface area contributed by atoms with Crippen LogP contribution >= 0.6 is 0 Å². The van der Waals surface area contributed by atoms with E-state index in [1.165, 1.54) is 12.1 Å². The van der Waals surface area contributed by atoms with Crippen molar-refractivity contribution in [1.82, 2.24) is 4.90 Å². The first-order valence-corrected chi connectivity index (χ1v) is 8.09. The number of likely N-dealkylation sites (tertiary alicyclic amines) is 1. The summed E-state index contributed by atoms with van der Waals surface area (Å²) in [6.07, 6.45) is 1.28. The average molecular weight is 335 g/mol. The van der Waals surface area contributed by atoms with E-state index in [1.807, 2.05) is 20.8 Å². The zero-order valence-corrected chi connectivity index (χ0v) is 14.7. The molecule has 7 nitrogen and oxygen atoms in total. The van der Waals surface area contributed by atoms with Gasteiger partial charge in [-0.25, -0.2) is 4.79 Å². The van der Waals surface area contributed by atoms with Crippen LogP contribution < -0.4 is 5.32 Å². The Morgan fingerprint density at radius 2 is 1.79 bits per heavy atom. The highest BCUT2D eigenvalue weighted by Crippen LogP contribution is 2.28. The van der Waals surface area contributed by atoms with Gasteiger partial charge < -0.3 is 15.0 Å². The van der Waals surface area contributed by atoms with Gasteiger partial charge in [-0.15, -0.1) is 0 Å². The molecule has 0 aromatic heterocycles. The standard InChI is InChI=1S/C17H25N3O4/c1-16(2,3)24-15(21)19-11-9-17(4,10-12-19)18-13-5-7-14(8-6-13)20(22)23/h5-8,18H,9-12H2,1-4H3. The molecule has 0 atom stereocenters. The third-order valence-electron chi connectivity index (χ3n) is 4.04. The van der Waals surface area contributed by atoms with Gasteiger partial charge in [-0.3, -0.25) is 10.1 Å². The molecular weight excluding hydrogens is 310 g/mol. The molecule has 0 bridgehead atoms. The normalized spacial score (nSPS) is 17.2. The van der Waals surface area contributed by atoms with Crippen molar-refractivity contribution in [3.8, 4) is 0 Å². The number of carbonyl (C=O) groups is 1. The molecule has 1 aromatic carbocycles. The van der Waals surface area contributed by atoms with E-state index >= 15 is 0 Å². The minimum atomic E-state index is -0.491. The molecule has 1 amide bonds. The number of ether oxygens (including phenoxy) is 1. The summed E-state index contributed by atoms with van der Waals surface area (Å²) < 4.78 is 5.40. The number of hydrogen-bond donors (Lipinski definition) is 1. The molecule has 2 rings (SSSR count). The van der Waals surface area contributed by atoms with E-state index in [9.17, 15) is 14.9 Å². The molecule has 1 saturated heterocycles. The Morgan fingerprint density at radius 3 is 2.25 bits per heavy atom. The molecule has 0 spiro atoms. The maximum atomic E-state index is 12.1. The van der Waals surface area contributed by atoms with Gasteiger partial charge in [-0.2, -0.15) is 0 Å². The van der Waals surface area contributed by atoms with Gasteiger partial charge in [0, 0.05) is 36.4 Å². The molecule has 132 valence electrons. The average Bonchev–Trinajstić information content (AvgIpc) is 2.46. The molecule has 24 heavy (non-hydrogen) atoms. The van der Waals surface area contributed by atoms with Crippen LogP contribution in [-0.4, -0.2) is 40.1 Å². The summed E-state index contributed by atoms with van der Waals surface area (Å²) in [6, 6.07) is 6.40. The molecule has 1 heterocycles. The Bertz CT molecular complexity index is 599. The lowest BCUT2D eigenvalue weighted by Crippen LogP contribution is -2.50. The molecule has 1 fully saturated rings. The fourth-order valence-corrected chi connectivity index (χ4v) is 2.65. The van der Waals surface area contributed by atoms with E-state index in [1.54, 1.807) is 17.0 Å². The first-order chi connectivity index (χ1) is 11.1. The number of nitro groups is 1. The second-order valence-electron chi connectivity index (χ2n) is 7.46. The number of nitro benzene ring substituents is 1. The quantitative estimate of drug-likeness (QED) is 0.671. The molecule has 0 radical (unpaired) electrons. The summed E-state index contributed by atoms with van der Waals surface area (Å²) in [4.78, 5) is 24.1. The molecule has 1 aliphatic heterocycles. The van der Waals surface area contributed by atoms with Gasteiger partial charge in [0.1, 0.15) is 5.60 Å². The monoisotopic (exact) mass is 335 g/mol. The number of anilines is 1. The number of piperidine rings is 1. The topological polar surface area (TPSA) is 84.7 Å². The summed E-state index contributed by atoms with van der Waals surface area (Å²) in [5.41, 5.74) is 0.267. The van der Waals surface area contributed by atoms with E-state index in [4.69, 9.17) is 4.74 Å². The van der Waals surface area contributed by atoms with Crippen LogP contribution in [0.25, 0.3) is 0 Å². The third kappa shape index (κ3) is 4.84. The number of nitrogens with one attached hydrogen (secondary N) is 1. The number of hydrogen-bond acceptors (Lipinski definition) is 5. The minimum Gasteiger partial charge on any atom is -0.444 e. The first kappa shape index (κ1) is 18.0. The smallest absolute Gasteiger partial charge is 0.410 e. The van der Waals surface area contributed by atoms with Crippen molar-refractivity contribution in [2.75, 3.05) is 18.4 Å². The number of non-ortho nitro benzene ring substituents is 1. The van der Waals surface area contributed by atoms with E-state index < -0.39 is 10.5 Å². The zero-order chi connectivity index (χ0) is 18.0. The lowest BCUT2D eigenvalue weighted by molar-refractivity contribution is -0.384. The highest BCUT2D eigenvalue weighted by molar-refractivity contribution is 5.68. The summed E-state index contributed by atoms with van der Waals surface area (Å²) in [7, 11) is 0. The van der Waals surface area contributed by atoms with E-state index in [0.29, 0.717) is 13.1 Å². The van der Waals surface area contributed by atoms with Gasteiger partial charge >= 0.3 is 6.09 Å². The van der Waals surface area contributed by atoms with Crippen molar-refractivity contribution in [1.29, 1.82) is 0 Å². The summed E-state index contributed by atoms with van der Waals surface area (Å²) in [5.74, 6) is 0. The molecule has 7 heteroatoms. The molecule has 1 aliphatic rings. The highest BCUT2D eigenvalue weighted by atomic mass is 16.6. The number of rotatable bonds is 3. The fraction of sp³-hybridized carbons (Fsp3) is 0.588. The van der Waals surface area contributed by atoms with Gasteiger partial charge in [0.15, 0.2) is 0 Å². The van der Waals surface area contributed by atoms with Crippen molar-refractivity contribution in [3.63, 3.8) is 0 Å². The third-order valence-corrected chi connectivity index (χ3v) is 4.04. The Labute approximate surface area is 142 Å². The number of carbonyl (C=O) groups excluding carboxylic acids is 1. The molecule has 0 aliphatic carbocycles. The van der Waals surface area contributed by atoms with Crippen LogP contribution in [0, 0.1) is 10.1 Å². The molecule has 0 unspecified atom stereocenters. The first-order valence-electron chi connectivity index (χ1n) is 8.09. The van der Waals surface area contributed by atoms with Crippen LogP contribution in [-0.2, 0) is 4.74 Å². The Kier molecular flexibility index (Phi) is 5.01. The molecular formula is C17H25N3O4. The van der Waals surface area contributed by atoms with Gasteiger partial charge in [0.2, 0.25) is 0 Å². The van der Waals surface area contributed by atoms with Crippen LogP contribution in [0.15, 0.2) is 24.3 Å². The summed E-state index contributed by atoms with van der Waals surface area (Å²) in [6.45, 7) is 8.90. The molecule has 1 N–H and O–H groups in total. The number of benzene rings is 1. The fourth-order valence-electron chi connectivity index (χ4n) is 2.65. The van der Waals surface area contributed by atoms with Gasteiger partial charge in [-0.1, -0.05) is 0 Å². The van der Waals surface area contributed by atoms with Crippen molar-refractivity contribution in [3.05, 3.63) is 34.4 Å². The minimum absolute atomic E-state index is 0.0745. The summed E-state index contributed by atoms with van der Waals surface area (Å²) >= 11 is 0. The Morgan fingerprint density at radius 1 is 1.25 bits per heavy atom. The van der Waals surface area contributed by atoms with Crippen LogP contribution in [0.5, 0.6) is 0 Å². The lowest BCUT2D eigenvalue weighted by atomic mass is 9.89. The largest absolute Gasteiger partial charge is 0.444 e. The maximum Gasteiger partial charge on any atom is 0.410 e. The van der Waals surface area contributed by atoms with E-state index in [2.05, 4.69) is 12.2 Å². The second kappa shape index (κ2) is 6.67. The second-order valence-corrected chi connectivity index (χ2v) is 7.46. The van der Waals surface area contributed by atoms with Crippen molar-refractivity contribution < 1.29 is 14.5 Å². The Hall–Kier alpha value is -2.31. The van der Waals surface area contributed by atoms with Gasteiger partial charge in [-0.05, 0) is 52.7 Å². The zero-order valence-electron chi connectivity index (χ0n) is 14.7. The lowest BCUT2D eigenvalue weighted by Gasteiger charge is -2.40. The van der Waals surface area contributed by atoms with E-state index in [0.717, 1.165) is 18.5 Å². The maximum absolute atomic E-state index is 12.1. The molecule has 0 saturated carbocycles. The number of nitrogens with zero attached hydrogens (tertiary/aromatic N) is 2. The van der Waals surface area contributed by atoms with Gasteiger partial charge in [0.25, 0.3) is 5.69 Å². The summed E-state index contributed by atoms with van der Waals surface area (Å²) in [5, 5.41) is 14.1. The predicted molar refractivity (Wildman–Crippen MR) is 92.2 cm³/mol. The predicted octanol–water partition coefficient (Wildman–Crippen LogP) is 3.80. The van der Waals surface area contributed by atoms with Crippen LogP contribution in [0.1, 0.15) is 40.5 Å². The Balaban J connectivity index is 1.92. The van der Waals surface area contributed by atoms with Gasteiger partial charge in [0.05, 0.1) is 4.92 Å². The highest BCUT2D eigenvalue weighted by Gasteiger charge is 2.33. The van der Waals surface area contributed by atoms with Crippen LogP contribution in [0.2, 0.25) is 0 Å². The van der Waals surface area contributed by atoms with Crippen LogP contribution in [0.3, 0.4) is 0 Å². The van der Waals surface area contributed by atoms with Crippen molar-refractivity contribution in [2.45, 2.75) is 51.7 Å². The van der Waals surface area contributed by atoms with Crippen molar-refractivity contribution >= 4 is 17.5 Å². The van der Waals surface area contributed by atoms with Crippen LogP contribution in [0.4, 0.5) is 16.2 Å². The SMILES string of the molecule is CC1(Nc2ccc([N+](=O)[O-])cc2)CCN(C(=O)OC(C)(C)C)CC1.